The summed E-state index contributed by atoms with van der Waals surface area (Å²) in [7, 11) is 0. The SMILES string of the molecule is CC[C@H](C)c1ccc(OCC(=O)OCc2ccc(-c3cccc(Cl)c3Cl)o2)cc1. The highest BCUT2D eigenvalue weighted by Crippen LogP contribution is 2.34. The zero-order valence-electron chi connectivity index (χ0n) is 16.3. The maximum atomic E-state index is 12.0. The van der Waals surface area contributed by atoms with Crippen LogP contribution in [-0.2, 0) is 16.1 Å². The maximum absolute atomic E-state index is 12.0. The Morgan fingerprint density at radius 1 is 1.07 bits per heavy atom. The van der Waals surface area contributed by atoms with Gasteiger partial charge in [-0.05, 0) is 54.3 Å². The number of ether oxygens (including phenoxy) is 2. The molecule has 0 saturated carbocycles. The monoisotopic (exact) mass is 432 g/mol. The summed E-state index contributed by atoms with van der Waals surface area (Å²) >= 11 is 12.2. The smallest absolute Gasteiger partial charge is 0.344 e. The van der Waals surface area contributed by atoms with Crippen molar-refractivity contribution in [2.45, 2.75) is 32.8 Å². The van der Waals surface area contributed by atoms with Crippen LogP contribution in [0.25, 0.3) is 11.3 Å². The van der Waals surface area contributed by atoms with Crippen LogP contribution in [0.4, 0.5) is 0 Å². The fourth-order valence-electron chi connectivity index (χ4n) is 2.76. The molecule has 2 aromatic carbocycles. The zero-order chi connectivity index (χ0) is 20.8. The van der Waals surface area contributed by atoms with E-state index >= 15 is 0 Å². The van der Waals surface area contributed by atoms with Crippen molar-refractivity contribution in [2.24, 2.45) is 0 Å². The van der Waals surface area contributed by atoms with E-state index in [0.29, 0.717) is 38.8 Å². The summed E-state index contributed by atoms with van der Waals surface area (Å²) in [5, 5.41) is 0.864. The number of hydrogen-bond acceptors (Lipinski definition) is 4. The van der Waals surface area contributed by atoms with Gasteiger partial charge in [0.15, 0.2) is 6.61 Å². The van der Waals surface area contributed by atoms with Crippen LogP contribution in [-0.4, -0.2) is 12.6 Å². The first-order valence-electron chi connectivity index (χ1n) is 9.39. The molecule has 0 bridgehead atoms. The van der Waals surface area contributed by atoms with Gasteiger partial charge in [-0.1, -0.05) is 55.2 Å². The van der Waals surface area contributed by atoms with Crippen molar-refractivity contribution in [3.8, 4) is 17.1 Å². The summed E-state index contributed by atoms with van der Waals surface area (Å²) in [6, 6.07) is 16.5. The van der Waals surface area contributed by atoms with Crippen molar-refractivity contribution < 1.29 is 18.7 Å². The lowest BCUT2D eigenvalue weighted by Crippen LogP contribution is -2.14. The van der Waals surface area contributed by atoms with E-state index in [1.165, 1.54) is 5.56 Å². The highest BCUT2D eigenvalue weighted by Gasteiger charge is 2.12. The number of hydrogen-bond donors (Lipinski definition) is 0. The van der Waals surface area contributed by atoms with Crippen molar-refractivity contribution in [1.82, 2.24) is 0 Å². The Morgan fingerprint density at radius 2 is 1.83 bits per heavy atom. The second kappa shape index (κ2) is 9.86. The van der Waals surface area contributed by atoms with Gasteiger partial charge in [0.25, 0.3) is 0 Å². The first-order chi connectivity index (χ1) is 14.0. The van der Waals surface area contributed by atoms with Crippen LogP contribution in [0, 0.1) is 0 Å². The lowest BCUT2D eigenvalue weighted by molar-refractivity contribution is -0.147. The van der Waals surface area contributed by atoms with Crippen molar-refractivity contribution in [3.63, 3.8) is 0 Å². The zero-order valence-corrected chi connectivity index (χ0v) is 17.8. The van der Waals surface area contributed by atoms with Crippen LogP contribution in [0.3, 0.4) is 0 Å². The van der Waals surface area contributed by atoms with Gasteiger partial charge in [-0.3, -0.25) is 0 Å². The molecule has 1 atom stereocenters. The number of benzene rings is 2. The van der Waals surface area contributed by atoms with E-state index in [-0.39, 0.29) is 13.2 Å². The van der Waals surface area contributed by atoms with Crippen LogP contribution in [0.15, 0.2) is 59.0 Å². The van der Waals surface area contributed by atoms with Crippen molar-refractivity contribution in [3.05, 3.63) is 76.0 Å². The van der Waals surface area contributed by atoms with E-state index in [0.717, 1.165) is 6.42 Å². The first-order valence-corrected chi connectivity index (χ1v) is 10.1. The molecule has 4 nitrogen and oxygen atoms in total. The molecular formula is C23H22Cl2O4. The minimum atomic E-state index is -0.477. The highest BCUT2D eigenvalue weighted by atomic mass is 35.5. The van der Waals surface area contributed by atoms with Crippen molar-refractivity contribution in [1.29, 1.82) is 0 Å². The third kappa shape index (κ3) is 5.55. The molecule has 0 unspecified atom stereocenters. The predicted octanol–water partition coefficient (Wildman–Crippen LogP) is 6.89. The molecular weight excluding hydrogens is 411 g/mol. The van der Waals surface area contributed by atoms with Crippen LogP contribution in [0.2, 0.25) is 10.0 Å². The van der Waals surface area contributed by atoms with Crippen molar-refractivity contribution in [2.75, 3.05) is 6.61 Å². The highest BCUT2D eigenvalue weighted by molar-refractivity contribution is 6.43. The molecule has 0 spiro atoms. The Balaban J connectivity index is 1.50. The largest absolute Gasteiger partial charge is 0.482 e. The molecule has 0 radical (unpaired) electrons. The Kier molecular flexibility index (Phi) is 7.24. The molecule has 0 fully saturated rings. The van der Waals surface area contributed by atoms with Crippen LogP contribution in [0.1, 0.15) is 37.5 Å². The number of halogens is 2. The lowest BCUT2D eigenvalue weighted by atomic mass is 9.99. The Morgan fingerprint density at radius 3 is 2.55 bits per heavy atom. The second-order valence-corrected chi connectivity index (χ2v) is 7.48. The van der Waals surface area contributed by atoms with E-state index < -0.39 is 5.97 Å². The standard InChI is InChI=1S/C23H22Cl2O4/c1-3-15(2)16-7-9-17(10-8-16)27-14-22(26)28-13-18-11-12-21(29-18)19-5-4-6-20(24)23(19)25/h4-12,15H,3,13-14H2,1-2H3/t15-/m0/s1. The topological polar surface area (TPSA) is 48.7 Å². The molecule has 3 aromatic rings. The molecule has 0 amide bonds. The first kappa shape index (κ1) is 21.3. The van der Waals surface area contributed by atoms with Crippen LogP contribution >= 0.6 is 23.2 Å². The molecule has 0 N–H and O–H groups in total. The normalized spacial score (nSPS) is 11.9. The third-order valence-corrected chi connectivity index (χ3v) is 5.49. The molecule has 0 aliphatic heterocycles. The van der Waals surface area contributed by atoms with Gasteiger partial charge >= 0.3 is 5.97 Å². The molecule has 1 aromatic heterocycles. The average molecular weight is 433 g/mol. The van der Waals surface area contributed by atoms with E-state index in [1.54, 1.807) is 24.3 Å². The minimum absolute atomic E-state index is 0.00727. The quantitative estimate of drug-likeness (QED) is 0.363. The summed E-state index contributed by atoms with van der Waals surface area (Å²) in [5.41, 5.74) is 1.93. The number of furan rings is 1. The minimum Gasteiger partial charge on any atom is -0.482 e. The van der Waals surface area contributed by atoms with Crippen molar-refractivity contribution >= 4 is 29.2 Å². The Hall–Kier alpha value is -2.43. The van der Waals surface area contributed by atoms with Gasteiger partial charge in [0.05, 0.1) is 10.0 Å². The molecule has 6 heteroatoms. The fourth-order valence-corrected chi connectivity index (χ4v) is 3.15. The Bertz CT molecular complexity index is 963. The van der Waals surface area contributed by atoms with Gasteiger partial charge in [-0.2, -0.15) is 0 Å². The molecule has 0 aliphatic rings. The molecule has 0 saturated heterocycles. The molecule has 152 valence electrons. The Labute approximate surface area is 180 Å². The summed E-state index contributed by atoms with van der Waals surface area (Å²) in [5.74, 6) is 1.71. The number of rotatable bonds is 8. The number of carbonyl (C=O) groups is 1. The van der Waals surface area contributed by atoms with Crippen LogP contribution < -0.4 is 4.74 Å². The van der Waals surface area contributed by atoms with E-state index in [2.05, 4.69) is 13.8 Å². The molecule has 29 heavy (non-hydrogen) atoms. The van der Waals surface area contributed by atoms with E-state index in [4.69, 9.17) is 37.1 Å². The third-order valence-electron chi connectivity index (χ3n) is 4.67. The summed E-state index contributed by atoms with van der Waals surface area (Å²) in [4.78, 5) is 12.0. The maximum Gasteiger partial charge on any atom is 0.344 e. The summed E-state index contributed by atoms with van der Waals surface area (Å²) in [6.45, 7) is 4.16. The lowest BCUT2D eigenvalue weighted by Gasteiger charge is -2.10. The van der Waals surface area contributed by atoms with Gasteiger partial charge in [0.2, 0.25) is 0 Å². The fraction of sp³-hybridized carbons (Fsp3) is 0.261. The summed E-state index contributed by atoms with van der Waals surface area (Å²) in [6.07, 6.45) is 1.07. The molecule has 3 rings (SSSR count). The van der Waals surface area contributed by atoms with Gasteiger partial charge in [-0.15, -0.1) is 0 Å². The van der Waals surface area contributed by atoms with Gasteiger partial charge < -0.3 is 13.9 Å². The molecule has 1 heterocycles. The van der Waals surface area contributed by atoms with Gasteiger partial charge in [0.1, 0.15) is 23.9 Å². The number of esters is 1. The average Bonchev–Trinajstić information content (AvgIpc) is 3.21. The van der Waals surface area contributed by atoms with Gasteiger partial charge in [-0.25, -0.2) is 4.79 Å². The van der Waals surface area contributed by atoms with Gasteiger partial charge in [0, 0.05) is 5.56 Å². The number of carbonyl (C=O) groups excluding carboxylic acids is 1. The summed E-state index contributed by atoms with van der Waals surface area (Å²) < 4.78 is 16.4. The van der Waals surface area contributed by atoms with E-state index in [9.17, 15) is 4.79 Å². The second-order valence-electron chi connectivity index (χ2n) is 6.70. The van der Waals surface area contributed by atoms with E-state index in [1.807, 2.05) is 30.3 Å². The predicted molar refractivity (Wildman–Crippen MR) is 115 cm³/mol. The van der Waals surface area contributed by atoms with Crippen LogP contribution in [0.5, 0.6) is 5.75 Å². The molecule has 0 aliphatic carbocycles.